The lowest BCUT2D eigenvalue weighted by atomic mass is 10.1. The molecule has 2 aromatic heterocycles. The number of hydrogen-bond donors (Lipinski definition) is 2. The van der Waals surface area contributed by atoms with E-state index < -0.39 is 0 Å². The Labute approximate surface area is 169 Å². The van der Waals surface area contributed by atoms with Gasteiger partial charge in [0.15, 0.2) is 0 Å². The molecular weight excluding hydrogens is 370 g/mol. The lowest BCUT2D eigenvalue weighted by Crippen LogP contribution is -2.41. The number of aromatic amines is 1. The van der Waals surface area contributed by atoms with Gasteiger partial charge in [-0.25, -0.2) is 0 Å². The van der Waals surface area contributed by atoms with Crippen molar-refractivity contribution in [1.82, 2.24) is 25.0 Å². The number of hydrogen-bond acceptors (Lipinski definition) is 5. The Bertz CT molecular complexity index is 958. The summed E-state index contributed by atoms with van der Waals surface area (Å²) < 4.78 is 12.7. The molecule has 0 aliphatic carbocycles. The van der Waals surface area contributed by atoms with Crippen LogP contribution in [0, 0.1) is 0 Å². The summed E-state index contributed by atoms with van der Waals surface area (Å²) in [5.74, 6) is -0.139. The quantitative estimate of drug-likeness (QED) is 0.605. The van der Waals surface area contributed by atoms with Gasteiger partial charge in [-0.05, 0) is 12.1 Å². The molecule has 1 amide bonds. The minimum absolute atomic E-state index is 0.139. The first kappa shape index (κ1) is 19.6. The summed E-state index contributed by atoms with van der Waals surface area (Å²) in [7, 11) is 1.70. The van der Waals surface area contributed by atoms with Crippen LogP contribution in [-0.4, -0.2) is 78.7 Å². The second kappa shape index (κ2) is 9.21. The summed E-state index contributed by atoms with van der Waals surface area (Å²) in [6.45, 7) is 6.17. The Balaban J connectivity index is 1.45. The summed E-state index contributed by atoms with van der Waals surface area (Å²) in [4.78, 5) is 14.8. The maximum absolute atomic E-state index is 12.5. The molecule has 1 aromatic carbocycles. The number of aromatic nitrogens is 3. The Hall–Kier alpha value is -2.68. The number of benzene rings is 1. The fourth-order valence-electron chi connectivity index (χ4n) is 3.65. The molecule has 3 heterocycles. The zero-order valence-corrected chi connectivity index (χ0v) is 16.7. The molecule has 0 spiro atoms. The van der Waals surface area contributed by atoms with Crippen LogP contribution in [0.5, 0.6) is 0 Å². The van der Waals surface area contributed by atoms with Crippen LogP contribution < -0.4 is 5.32 Å². The highest BCUT2D eigenvalue weighted by atomic mass is 16.5. The van der Waals surface area contributed by atoms with Crippen molar-refractivity contribution in [2.75, 3.05) is 53.1 Å². The summed E-state index contributed by atoms with van der Waals surface area (Å²) >= 11 is 0. The minimum Gasteiger partial charge on any atom is -0.383 e. The van der Waals surface area contributed by atoms with Gasteiger partial charge >= 0.3 is 0 Å². The average molecular weight is 397 g/mol. The van der Waals surface area contributed by atoms with Gasteiger partial charge in [0.25, 0.3) is 5.91 Å². The number of nitrogens with one attached hydrogen (secondary N) is 2. The van der Waals surface area contributed by atoms with Gasteiger partial charge in [-0.2, -0.15) is 5.10 Å². The molecule has 8 heteroatoms. The van der Waals surface area contributed by atoms with E-state index >= 15 is 0 Å². The van der Waals surface area contributed by atoms with Crippen molar-refractivity contribution in [2.24, 2.45) is 0 Å². The van der Waals surface area contributed by atoms with Crippen LogP contribution >= 0.6 is 0 Å². The number of para-hydroxylation sites is 1. The van der Waals surface area contributed by atoms with Gasteiger partial charge in [0.2, 0.25) is 0 Å². The van der Waals surface area contributed by atoms with Crippen molar-refractivity contribution in [3.05, 3.63) is 42.2 Å². The van der Waals surface area contributed by atoms with Crippen LogP contribution in [-0.2, 0) is 16.0 Å². The highest BCUT2D eigenvalue weighted by Crippen LogP contribution is 2.29. The predicted molar refractivity (Wildman–Crippen MR) is 111 cm³/mol. The van der Waals surface area contributed by atoms with Gasteiger partial charge < -0.3 is 19.4 Å². The largest absolute Gasteiger partial charge is 0.383 e. The van der Waals surface area contributed by atoms with Gasteiger partial charge in [0.05, 0.1) is 25.5 Å². The molecule has 1 aliphatic rings. The lowest BCUT2D eigenvalue weighted by Gasteiger charge is -2.26. The molecular formula is C21H27N5O3. The van der Waals surface area contributed by atoms with E-state index in [2.05, 4.69) is 43.3 Å². The summed E-state index contributed by atoms with van der Waals surface area (Å²) in [6, 6.07) is 10.0. The lowest BCUT2D eigenvalue weighted by molar-refractivity contribution is 0.0383. The molecule has 8 nitrogen and oxygen atoms in total. The maximum atomic E-state index is 12.5. The number of ether oxygens (including phenoxy) is 2. The predicted octanol–water partition coefficient (Wildman–Crippen LogP) is 1.74. The van der Waals surface area contributed by atoms with Gasteiger partial charge in [-0.15, -0.1) is 0 Å². The van der Waals surface area contributed by atoms with E-state index in [1.54, 1.807) is 7.11 Å². The van der Waals surface area contributed by atoms with Gasteiger partial charge in [-0.1, -0.05) is 18.2 Å². The Morgan fingerprint density at radius 3 is 2.93 bits per heavy atom. The highest BCUT2D eigenvalue weighted by Gasteiger charge is 2.16. The maximum Gasteiger partial charge on any atom is 0.269 e. The van der Waals surface area contributed by atoms with E-state index in [1.807, 2.05) is 18.2 Å². The standard InChI is InChI=1S/C21H27N5O3/c1-28-11-10-26-15-17(16-4-2-3-5-20(16)26)18-14-19(24-23-18)21(27)22-6-7-25-8-12-29-13-9-25/h2-5,14-15H,6-13H2,1H3,(H,22,27)(H,23,24). The summed E-state index contributed by atoms with van der Waals surface area (Å²) in [5.41, 5.74) is 3.35. The van der Waals surface area contributed by atoms with E-state index in [0.717, 1.165) is 61.6 Å². The van der Waals surface area contributed by atoms with Gasteiger partial charge in [0, 0.05) is 62.5 Å². The van der Waals surface area contributed by atoms with Crippen LogP contribution in [0.15, 0.2) is 36.5 Å². The van der Waals surface area contributed by atoms with E-state index in [0.29, 0.717) is 18.8 Å². The van der Waals surface area contributed by atoms with E-state index in [1.165, 1.54) is 0 Å². The zero-order valence-electron chi connectivity index (χ0n) is 16.7. The number of rotatable bonds is 8. The Morgan fingerprint density at radius 1 is 1.28 bits per heavy atom. The van der Waals surface area contributed by atoms with Crippen molar-refractivity contribution in [1.29, 1.82) is 0 Å². The molecule has 1 fully saturated rings. The van der Waals surface area contributed by atoms with Crippen LogP contribution in [0.4, 0.5) is 0 Å². The Kier molecular flexibility index (Phi) is 6.24. The molecule has 4 rings (SSSR count). The number of H-pyrrole nitrogens is 1. The average Bonchev–Trinajstić information content (AvgIpc) is 3.38. The molecule has 1 aliphatic heterocycles. The second-order valence-corrected chi connectivity index (χ2v) is 7.12. The van der Waals surface area contributed by atoms with Crippen molar-refractivity contribution >= 4 is 16.8 Å². The van der Waals surface area contributed by atoms with Crippen LogP contribution in [0.1, 0.15) is 10.5 Å². The van der Waals surface area contributed by atoms with Gasteiger partial charge in [0.1, 0.15) is 5.69 Å². The monoisotopic (exact) mass is 397 g/mol. The molecule has 1 saturated heterocycles. The third-order valence-electron chi connectivity index (χ3n) is 5.24. The number of morpholine rings is 1. The van der Waals surface area contributed by atoms with Crippen LogP contribution in [0.2, 0.25) is 0 Å². The molecule has 2 N–H and O–H groups in total. The van der Waals surface area contributed by atoms with Gasteiger partial charge in [-0.3, -0.25) is 14.8 Å². The normalized spacial score (nSPS) is 15.1. The molecule has 0 atom stereocenters. The van der Waals surface area contributed by atoms with Crippen molar-refractivity contribution in [3.63, 3.8) is 0 Å². The number of fused-ring (bicyclic) bond motifs is 1. The first-order chi connectivity index (χ1) is 14.3. The smallest absolute Gasteiger partial charge is 0.269 e. The fourth-order valence-corrected chi connectivity index (χ4v) is 3.65. The number of nitrogens with zero attached hydrogens (tertiary/aromatic N) is 3. The molecule has 0 radical (unpaired) electrons. The first-order valence-corrected chi connectivity index (χ1v) is 9.97. The summed E-state index contributed by atoms with van der Waals surface area (Å²) in [6.07, 6.45) is 2.07. The topological polar surface area (TPSA) is 84.4 Å². The zero-order chi connectivity index (χ0) is 20.1. The highest BCUT2D eigenvalue weighted by molar-refractivity contribution is 5.98. The molecule has 0 unspecified atom stereocenters. The van der Waals surface area contributed by atoms with Crippen LogP contribution in [0.25, 0.3) is 22.2 Å². The van der Waals surface area contributed by atoms with Crippen molar-refractivity contribution in [2.45, 2.75) is 6.54 Å². The SMILES string of the molecule is COCCn1cc(-c2cc(C(=O)NCCN3CCOCC3)[nH]n2)c2ccccc21. The third-order valence-corrected chi connectivity index (χ3v) is 5.24. The van der Waals surface area contributed by atoms with Crippen LogP contribution in [0.3, 0.4) is 0 Å². The molecule has 0 bridgehead atoms. The van der Waals surface area contributed by atoms with E-state index in [-0.39, 0.29) is 5.91 Å². The van der Waals surface area contributed by atoms with Crippen molar-refractivity contribution < 1.29 is 14.3 Å². The van der Waals surface area contributed by atoms with Crippen molar-refractivity contribution in [3.8, 4) is 11.3 Å². The number of carbonyl (C=O) groups is 1. The third kappa shape index (κ3) is 4.50. The fraction of sp³-hybridized carbons (Fsp3) is 0.429. The first-order valence-electron chi connectivity index (χ1n) is 9.97. The molecule has 29 heavy (non-hydrogen) atoms. The van der Waals surface area contributed by atoms with E-state index in [9.17, 15) is 4.79 Å². The molecule has 0 saturated carbocycles. The second-order valence-electron chi connectivity index (χ2n) is 7.12. The molecule has 154 valence electrons. The number of amides is 1. The number of methoxy groups -OCH3 is 1. The Morgan fingerprint density at radius 2 is 2.10 bits per heavy atom. The van der Waals surface area contributed by atoms with E-state index in [4.69, 9.17) is 9.47 Å². The molecule has 3 aromatic rings. The summed E-state index contributed by atoms with van der Waals surface area (Å²) in [5, 5.41) is 11.3. The number of carbonyl (C=O) groups excluding carboxylic acids is 1. The minimum atomic E-state index is -0.139.